The number of alkyl carbamates (subject to hydrolysis) is 1. The topological polar surface area (TPSA) is 84.9 Å². The van der Waals surface area contributed by atoms with E-state index < -0.39 is 24.1 Å². The van der Waals surface area contributed by atoms with Gasteiger partial charge in [0.1, 0.15) is 12.1 Å². The van der Waals surface area contributed by atoms with Gasteiger partial charge in [0, 0.05) is 6.54 Å². The number of ether oxygens (including phenoxy) is 2. The van der Waals surface area contributed by atoms with Crippen LogP contribution in [-0.4, -0.2) is 49.7 Å². The molecule has 2 atom stereocenters. The zero-order chi connectivity index (χ0) is 18.0. The summed E-state index contributed by atoms with van der Waals surface area (Å²) < 4.78 is 9.53. The van der Waals surface area contributed by atoms with E-state index in [9.17, 15) is 14.4 Å². The summed E-state index contributed by atoms with van der Waals surface area (Å²) >= 11 is 0. The second kappa shape index (κ2) is 6.74. The Labute approximate surface area is 146 Å². The first-order valence-electron chi connectivity index (χ1n) is 8.27. The highest BCUT2D eigenvalue weighted by atomic mass is 16.5. The Hall–Kier alpha value is -2.57. The van der Waals surface area contributed by atoms with Crippen molar-refractivity contribution in [2.45, 2.75) is 31.3 Å². The van der Waals surface area contributed by atoms with Crippen LogP contribution in [0.1, 0.15) is 30.9 Å². The van der Waals surface area contributed by atoms with E-state index in [0.717, 1.165) is 12.8 Å². The second-order valence-corrected chi connectivity index (χ2v) is 6.69. The molecule has 1 aromatic carbocycles. The molecule has 2 aliphatic rings. The molecule has 134 valence electrons. The lowest BCUT2D eigenvalue weighted by molar-refractivity contribution is -0.151. The number of likely N-dealkylation sites (tertiary alicyclic amines) is 1. The zero-order valence-electron chi connectivity index (χ0n) is 14.4. The molecule has 25 heavy (non-hydrogen) atoms. The Balaban J connectivity index is 1.87. The smallest absolute Gasteiger partial charge is 0.407 e. The van der Waals surface area contributed by atoms with E-state index in [2.05, 4.69) is 10.1 Å². The van der Waals surface area contributed by atoms with Crippen molar-refractivity contribution in [1.82, 2.24) is 10.2 Å². The highest BCUT2D eigenvalue weighted by Gasteiger charge is 2.56. The number of carbonyl (C=O) groups is 3. The molecule has 0 bridgehead atoms. The molecule has 0 unspecified atom stereocenters. The Morgan fingerprint density at radius 3 is 2.40 bits per heavy atom. The molecule has 3 rings (SSSR count). The predicted molar refractivity (Wildman–Crippen MR) is 88.5 cm³/mol. The molecule has 1 aromatic rings. The van der Waals surface area contributed by atoms with Crippen LogP contribution in [0.2, 0.25) is 0 Å². The average Bonchev–Trinajstić information content (AvgIpc) is 3.29. The summed E-state index contributed by atoms with van der Waals surface area (Å²) in [7, 11) is 2.57. The van der Waals surface area contributed by atoms with Gasteiger partial charge in [-0.3, -0.25) is 4.79 Å². The van der Waals surface area contributed by atoms with Crippen LogP contribution in [-0.2, 0) is 19.1 Å². The number of nitrogens with one attached hydrogen (secondary N) is 1. The maximum Gasteiger partial charge on any atom is 0.407 e. The summed E-state index contributed by atoms with van der Waals surface area (Å²) in [6, 6.07) is 7.41. The van der Waals surface area contributed by atoms with Crippen LogP contribution < -0.4 is 5.32 Å². The van der Waals surface area contributed by atoms with Crippen LogP contribution in [0.15, 0.2) is 30.3 Å². The third-order valence-corrected chi connectivity index (χ3v) is 5.05. The van der Waals surface area contributed by atoms with Crippen LogP contribution in [0.4, 0.5) is 4.79 Å². The molecule has 7 heteroatoms. The molecule has 1 N–H and O–H groups in total. The lowest BCUT2D eigenvalue weighted by Gasteiger charge is -2.28. The van der Waals surface area contributed by atoms with Crippen LogP contribution in [0.25, 0.3) is 0 Å². The van der Waals surface area contributed by atoms with Gasteiger partial charge in [0.2, 0.25) is 0 Å². The quantitative estimate of drug-likeness (QED) is 0.838. The molecule has 2 amide bonds. The Morgan fingerprint density at radius 1 is 1.16 bits per heavy atom. The maximum absolute atomic E-state index is 13.2. The monoisotopic (exact) mass is 346 g/mol. The van der Waals surface area contributed by atoms with Gasteiger partial charge in [0.15, 0.2) is 0 Å². The van der Waals surface area contributed by atoms with Gasteiger partial charge in [-0.25, -0.2) is 9.59 Å². The van der Waals surface area contributed by atoms with E-state index >= 15 is 0 Å². The van der Waals surface area contributed by atoms with Gasteiger partial charge in [-0.05, 0) is 30.2 Å². The number of rotatable bonds is 4. The summed E-state index contributed by atoms with van der Waals surface area (Å²) in [5.74, 6) is -0.738. The number of esters is 1. The Kier molecular flexibility index (Phi) is 4.65. The van der Waals surface area contributed by atoms with Crippen LogP contribution >= 0.6 is 0 Å². The van der Waals surface area contributed by atoms with Crippen molar-refractivity contribution in [2.24, 2.45) is 5.41 Å². The number of carbonyl (C=O) groups excluding carboxylic acids is 3. The fourth-order valence-electron chi connectivity index (χ4n) is 3.45. The molecule has 0 aromatic heterocycles. The molecule has 1 saturated carbocycles. The number of hydrogen-bond acceptors (Lipinski definition) is 5. The fourth-order valence-corrected chi connectivity index (χ4v) is 3.45. The standard InChI is InChI=1S/C18H22N2O5/c1-24-16(22)13-10-18(8-9-18)11-20(13)15(21)14(19-17(23)25-2)12-6-4-3-5-7-12/h3-7,13-14H,8-11H2,1-2H3,(H,19,23)/t13-,14-/m0/s1. The van der Waals surface area contributed by atoms with Crippen molar-refractivity contribution in [1.29, 1.82) is 0 Å². The van der Waals surface area contributed by atoms with Gasteiger partial charge in [-0.2, -0.15) is 0 Å². The molecule has 0 radical (unpaired) electrons. The van der Waals surface area contributed by atoms with Crippen molar-refractivity contribution in [3.05, 3.63) is 35.9 Å². The summed E-state index contributed by atoms with van der Waals surface area (Å²) in [4.78, 5) is 38.6. The third-order valence-electron chi connectivity index (χ3n) is 5.05. The van der Waals surface area contributed by atoms with E-state index in [-0.39, 0.29) is 11.3 Å². The number of methoxy groups -OCH3 is 2. The minimum absolute atomic E-state index is 0.0288. The summed E-state index contributed by atoms with van der Waals surface area (Å²) in [6.45, 7) is 0.512. The Bertz CT molecular complexity index is 671. The third kappa shape index (κ3) is 3.45. The average molecular weight is 346 g/mol. The first-order valence-corrected chi connectivity index (χ1v) is 8.27. The van der Waals surface area contributed by atoms with E-state index in [4.69, 9.17) is 4.74 Å². The van der Waals surface area contributed by atoms with Gasteiger partial charge in [-0.1, -0.05) is 30.3 Å². The lowest BCUT2D eigenvalue weighted by atomic mass is 10.0. The minimum atomic E-state index is -0.908. The van der Waals surface area contributed by atoms with Gasteiger partial charge in [-0.15, -0.1) is 0 Å². The van der Waals surface area contributed by atoms with Gasteiger partial charge in [0.25, 0.3) is 5.91 Å². The predicted octanol–water partition coefficient (Wildman–Crippen LogP) is 1.64. The molecule has 1 saturated heterocycles. The highest BCUT2D eigenvalue weighted by molar-refractivity contribution is 5.91. The first kappa shape index (κ1) is 17.3. The van der Waals surface area contributed by atoms with Crippen molar-refractivity contribution in [2.75, 3.05) is 20.8 Å². The van der Waals surface area contributed by atoms with Gasteiger partial charge in [0.05, 0.1) is 14.2 Å². The first-order chi connectivity index (χ1) is 12.0. The molecule has 1 aliphatic carbocycles. The number of amides is 2. The maximum atomic E-state index is 13.2. The van der Waals surface area contributed by atoms with Crippen molar-refractivity contribution in [3.8, 4) is 0 Å². The summed E-state index contributed by atoms with van der Waals surface area (Å²) in [5, 5.41) is 2.58. The minimum Gasteiger partial charge on any atom is -0.467 e. The molecule has 1 heterocycles. The molecule has 1 spiro atoms. The number of benzene rings is 1. The molecule has 7 nitrogen and oxygen atoms in total. The van der Waals surface area contributed by atoms with Crippen LogP contribution in [0.5, 0.6) is 0 Å². The van der Waals surface area contributed by atoms with Gasteiger partial charge < -0.3 is 19.7 Å². The lowest BCUT2D eigenvalue weighted by Crippen LogP contribution is -2.47. The van der Waals surface area contributed by atoms with Gasteiger partial charge >= 0.3 is 12.1 Å². The zero-order valence-corrected chi connectivity index (χ0v) is 14.4. The Morgan fingerprint density at radius 2 is 1.84 bits per heavy atom. The van der Waals surface area contributed by atoms with E-state index in [1.54, 1.807) is 29.2 Å². The normalized spacial score (nSPS) is 21.5. The van der Waals surface area contributed by atoms with Crippen LogP contribution in [0, 0.1) is 5.41 Å². The van der Waals surface area contributed by atoms with E-state index in [1.807, 2.05) is 6.07 Å². The SMILES string of the molecule is COC(=O)N[C@H](C(=O)N1CC2(CC2)C[C@H]1C(=O)OC)c1ccccc1. The largest absolute Gasteiger partial charge is 0.467 e. The van der Waals surface area contributed by atoms with Crippen molar-refractivity contribution < 1.29 is 23.9 Å². The van der Waals surface area contributed by atoms with E-state index in [0.29, 0.717) is 18.5 Å². The molecule has 1 aliphatic heterocycles. The molecule has 2 fully saturated rings. The molecular weight excluding hydrogens is 324 g/mol. The van der Waals surface area contributed by atoms with E-state index in [1.165, 1.54) is 14.2 Å². The van der Waals surface area contributed by atoms with Crippen LogP contribution in [0.3, 0.4) is 0 Å². The summed E-state index contributed by atoms with van der Waals surface area (Å²) in [6.07, 6.45) is 1.93. The number of hydrogen-bond donors (Lipinski definition) is 1. The summed E-state index contributed by atoms with van der Waals surface area (Å²) in [5.41, 5.74) is 0.666. The fraction of sp³-hybridized carbons (Fsp3) is 0.500. The molecular formula is C18H22N2O5. The van der Waals surface area contributed by atoms with Crippen molar-refractivity contribution >= 4 is 18.0 Å². The second-order valence-electron chi connectivity index (χ2n) is 6.69. The number of nitrogens with zero attached hydrogens (tertiary/aromatic N) is 1. The van der Waals surface area contributed by atoms with Crippen molar-refractivity contribution in [3.63, 3.8) is 0 Å². The highest BCUT2D eigenvalue weighted by Crippen LogP contribution is 2.55.